The van der Waals surface area contributed by atoms with Crippen molar-refractivity contribution in [1.29, 1.82) is 0 Å². The molecule has 0 bridgehead atoms. The Morgan fingerprint density at radius 2 is 2.05 bits per heavy atom. The third kappa shape index (κ3) is 3.49. The average Bonchev–Trinajstić information content (AvgIpc) is 2.35. The summed E-state index contributed by atoms with van der Waals surface area (Å²) in [5.41, 5.74) is -1.44. The van der Waals surface area contributed by atoms with E-state index in [9.17, 15) is 4.79 Å². The molecule has 0 saturated carbocycles. The lowest BCUT2D eigenvalue weighted by Crippen LogP contribution is -2.39. The number of hydrogen-bond donors (Lipinski definition) is 0. The van der Waals surface area contributed by atoms with Gasteiger partial charge in [-0.1, -0.05) is 34.1 Å². The van der Waals surface area contributed by atoms with Crippen LogP contribution in [0.2, 0.25) is 0 Å². The molecule has 0 saturated heterocycles. The fourth-order valence-electron chi connectivity index (χ4n) is 1.82. The lowest BCUT2D eigenvalue weighted by molar-refractivity contribution is -0.160. The van der Waals surface area contributed by atoms with E-state index in [1.807, 2.05) is 12.1 Å². The maximum absolute atomic E-state index is 12.5. The van der Waals surface area contributed by atoms with Crippen molar-refractivity contribution < 1.29 is 9.53 Å². The van der Waals surface area contributed by atoms with Crippen molar-refractivity contribution in [2.45, 2.75) is 38.3 Å². The van der Waals surface area contributed by atoms with Gasteiger partial charge in [0.2, 0.25) is 0 Å². The van der Waals surface area contributed by atoms with Crippen molar-refractivity contribution in [3.8, 4) is 0 Å². The van der Waals surface area contributed by atoms with E-state index < -0.39 is 17.1 Å². The van der Waals surface area contributed by atoms with Crippen molar-refractivity contribution in [2.24, 2.45) is 0 Å². The lowest BCUT2D eigenvalue weighted by Gasteiger charge is -2.26. The summed E-state index contributed by atoms with van der Waals surface area (Å²) in [4.78, 5) is 16.1. The molecule has 20 heavy (non-hydrogen) atoms. The Morgan fingerprint density at radius 1 is 1.45 bits per heavy atom. The van der Waals surface area contributed by atoms with Gasteiger partial charge in [-0.3, -0.25) is 4.85 Å². The third-order valence-corrected chi connectivity index (χ3v) is 3.38. The molecular formula is C16H18BrNO2. The Labute approximate surface area is 128 Å². The number of ether oxygens (including phenoxy) is 1. The minimum atomic E-state index is -1.39. The standard InChI is InChI=1S/C16H18BrNO2/c1-6-11-16(18-5,14(19)20-15(2,3)4)12-9-7-8-10-13(12)17/h6-10H,1,11H2,2-4H3/t16-/m0/s1. The smallest absolute Gasteiger partial charge is 0.399 e. The maximum atomic E-state index is 12.5. The van der Waals surface area contributed by atoms with Gasteiger partial charge in [0.1, 0.15) is 5.60 Å². The zero-order chi connectivity index (χ0) is 15.4. The highest BCUT2D eigenvalue weighted by Gasteiger charge is 2.50. The first-order chi connectivity index (χ1) is 9.27. The van der Waals surface area contributed by atoms with Gasteiger partial charge in [-0.05, 0) is 32.9 Å². The number of esters is 1. The zero-order valence-electron chi connectivity index (χ0n) is 11.9. The molecule has 3 nitrogen and oxygen atoms in total. The van der Waals surface area contributed by atoms with Gasteiger partial charge >= 0.3 is 11.5 Å². The van der Waals surface area contributed by atoms with Crippen molar-refractivity contribution in [1.82, 2.24) is 0 Å². The maximum Gasteiger partial charge on any atom is 0.399 e. The molecule has 0 spiro atoms. The molecule has 106 valence electrons. The number of carbonyl (C=O) groups excluding carboxylic acids is 1. The summed E-state index contributed by atoms with van der Waals surface area (Å²) >= 11 is 3.41. The van der Waals surface area contributed by atoms with Crippen LogP contribution in [0, 0.1) is 6.57 Å². The Balaban J connectivity index is 3.38. The summed E-state index contributed by atoms with van der Waals surface area (Å²) in [6, 6.07) is 7.21. The fourth-order valence-corrected chi connectivity index (χ4v) is 2.44. The monoisotopic (exact) mass is 335 g/mol. The van der Waals surface area contributed by atoms with Crippen LogP contribution < -0.4 is 0 Å². The molecule has 0 aliphatic rings. The highest BCUT2D eigenvalue weighted by atomic mass is 79.9. The number of nitrogens with zero attached hydrogens (tertiary/aromatic N) is 1. The highest BCUT2D eigenvalue weighted by molar-refractivity contribution is 9.10. The second-order valence-corrected chi connectivity index (χ2v) is 6.30. The lowest BCUT2D eigenvalue weighted by atomic mass is 9.87. The summed E-state index contributed by atoms with van der Waals surface area (Å²) in [5, 5.41) is 0. The Bertz CT molecular complexity index is 554. The average molecular weight is 336 g/mol. The van der Waals surface area contributed by atoms with Gasteiger partial charge in [-0.2, -0.15) is 0 Å². The van der Waals surface area contributed by atoms with Crippen molar-refractivity contribution >= 4 is 21.9 Å². The summed E-state index contributed by atoms with van der Waals surface area (Å²) in [5.74, 6) is -0.549. The first-order valence-electron chi connectivity index (χ1n) is 6.25. The summed E-state index contributed by atoms with van der Waals surface area (Å²) in [6.45, 7) is 16.6. The summed E-state index contributed by atoms with van der Waals surface area (Å²) in [7, 11) is 0. The molecule has 0 fully saturated rings. The van der Waals surface area contributed by atoms with E-state index in [1.165, 1.54) is 0 Å². The molecule has 1 aromatic carbocycles. The van der Waals surface area contributed by atoms with E-state index in [1.54, 1.807) is 39.0 Å². The van der Waals surface area contributed by atoms with Crippen LogP contribution in [-0.2, 0) is 15.1 Å². The quantitative estimate of drug-likeness (QED) is 0.461. The van der Waals surface area contributed by atoms with E-state index in [-0.39, 0.29) is 6.42 Å². The first-order valence-corrected chi connectivity index (χ1v) is 7.04. The van der Waals surface area contributed by atoms with E-state index in [2.05, 4.69) is 27.4 Å². The Morgan fingerprint density at radius 3 is 2.50 bits per heavy atom. The van der Waals surface area contributed by atoms with Crippen LogP contribution in [0.3, 0.4) is 0 Å². The van der Waals surface area contributed by atoms with Crippen LogP contribution >= 0.6 is 15.9 Å². The number of benzene rings is 1. The Hall–Kier alpha value is -1.60. The second kappa shape index (κ2) is 6.23. The molecular weight excluding hydrogens is 318 g/mol. The van der Waals surface area contributed by atoms with E-state index in [4.69, 9.17) is 11.3 Å². The van der Waals surface area contributed by atoms with Crippen LogP contribution in [0.1, 0.15) is 32.8 Å². The molecule has 0 radical (unpaired) electrons. The molecule has 0 aliphatic carbocycles. The van der Waals surface area contributed by atoms with Crippen molar-refractivity contribution in [3.05, 3.63) is 58.4 Å². The second-order valence-electron chi connectivity index (χ2n) is 5.45. The SMILES string of the molecule is [C-]#[N+][C@](CC=C)(C(=O)OC(C)(C)C)c1ccccc1Br. The molecule has 4 heteroatoms. The van der Waals surface area contributed by atoms with E-state index in [0.29, 0.717) is 10.0 Å². The van der Waals surface area contributed by atoms with Crippen LogP contribution in [0.5, 0.6) is 0 Å². The minimum absolute atomic E-state index is 0.202. The van der Waals surface area contributed by atoms with Gasteiger partial charge in [-0.25, -0.2) is 11.4 Å². The molecule has 1 aromatic rings. The summed E-state index contributed by atoms with van der Waals surface area (Å²) < 4.78 is 6.15. The predicted octanol–water partition coefficient (Wildman–Crippen LogP) is 4.48. The fraction of sp³-hybridized carbons (Fsp3) is 0.375. The molecule has 1 atom stereocenters. The van der Waals surface area contributed by atoms with Crippen LogP contribution in [0.4, 0.5) is 0 Å². The van der Waals surface area contributed by atoms with Gasteiger partial charge in [-0.15, -0.1) is 6.58 Å². The molecule has 0 heterocycles. The normalized spacial score (nSPS) is 13.9. The number of rotatable bonds is 4. The van der Waals surface area contributed by atoms with E-state index in [0.717, 1.165) is 0 Å². The van der Waals surface area contributed by atoms with Gasteiger partial charge < -0.3 is 4.74 Å². The third-order valence-electron chi connectivity index (χ3n) is 2.69. The molecule has 0 N–H and O–H groups in total. The van der Waals surface area contributed by atoms with Gasteiger partial charge in [0, 0.05) is 4.47 Å². The number of carbonyl (C=O) groups is 1. The number of hydrogen-bond acceptors (Lipinski definition) is 2. The molecule has 0 amide bonds. The Kier molecular flexibility index (Phi) is 5.13. The highest BCUT2D eigenvalue weighted by Crippen LogP contribution is 2.37. The van der Waals surface area contributed by atoms with E-state index >= 15 is 0 Å². The molecule has 1 rings (SSSR count). The van der Waals surface area contributed by atoms with Crippen molar-refractivity contribution in [2.75, 3.05) is 0 Å². The van der Waals surface area contributed by atoms with Gasteiger partial charge in [0.25, 0.3) is 0 Å². The van der Waals surface area contributed by atoms with Crippen LogP contribution in [-0.4, -0.2) is 11.6 Å². The molecule has 0 aromatic heterocycles. The van der Waals surface area contributed by atoms with Gasteiger partial charge in [0.15, 0.2) is 0 Å². The minimum Gasteiger partial charge on any atom is -0.454 e. The number of halogens is 1. The molecule has 0 unspecified atom stereocenters. The largest absolute Gasteiger partial charge is 0.454 e. The summed E-state index contributed by atoms with van der Waals surface area (Å²) in [6.07, 6.45) is 1.77. The topological polar surface area (TPSA) is 30.7 Å². The molecule has 0 aliphatic heterocycles. The zero-order valence-corrected chi connectivity index (χ0v) is 13.5. The van der Waals surface area contributed by atoms with Gasteiger partial charge in [0.05, 0.1) is 12.0 Å². The van der Waals surface area contributed by atoms with Crippen molar-refractivity contribution in [3.63, 3.8) is 0 Å². The van der Waals surface area contributed by atoms with Crippen LogP contribution in [0.25, 0.3) is 4.85 Å². The first kappa shape index (κ1) is 16.5. The van der Waals surface area contributed by atoms with Crippen LogP contribution in [0.15, 0.2) is 41.4 Å². The predicted molar refractivity (Wildman–Crippen MR) is 83.1 cm³/mol.